The van der Waals surface area contributed by atoms with Gasteiger partial charge in [-0.3, -0.25) is 0 Å². The molecule has 1 aliphatic rings. The van der Waals surface area contributed by atoms with Crippen LogP contribution in [0.4, 0.5) is 0 Å². The number of halogens is 1. The van der Waals surface area contributed by atoms with Gasteiger partial charge in [-0.1, -0.05) is 64.5 Å². The van der Waals surface area contributed by atoms with Crippen LogP contribution in [-0.4, -0.2) is 5.11 Å². The second-order valence-electron chi connectivity index (χ2n) is 6.67. The average Bonchev–Trinajstić information content (AvgIpc) is 2.93. The Bertz CT molecular complexity index is 1070. The lowest BCUT2D eigenvalue weighted by Crippen LogP contribution is -2.30. The lowest BCUT2D eigenvalue weighted by atomic mass is 9.85. The van der Waals surface area contributed by atoms with Crippen LogP contribution < -0.4 is 5.73 Å². The van der Waals surface area contributed by atoms with E-state index < -0.39 is 5.60 Å². The molecule has 3 aromatic carbocycles. The third-order valence-corrected chi connectivity index (χ3v) is 5.73. The number of nitrogens with two attached hydrogens (primary N) is 1. The quantitative estimate of drug-likeness (QED) is 0.649. The monoisotopic (exact) mass is 404 g/mol. The number of nitriles is 1. The van der Waals surface area contributed by atoms with Crippen LogP contribution >= 0.6 is 15.9 Å². The summed E-state index contributed by atoms with van der Waals surface area (Å²) in [5, 5.41) is 23.2. The molecule has 2 atom stereocenters. The molecule has 3 aromatic rings. The molecule has 4 rings (SSSR count). The zero-order chi connectivity index (χ0) is 18.3. The molecule has 0 fully saturated rings. The fraction of sp³-hybridized carbons (Fsp3) is 0.136. The van der Waals surface area contributed by atoms with Crippen molar-refractivity contribution in [1.29, 1.82) is 5.26 Å². The van der Waals surface area contributed by atoms with E-state index in [4.69, 9.17) is 5.73 Å². The largest absolute Gasteiger partial charge is 0.399 e. The zero-order valence-corrected chi connectivity index (χ0v) is 15.6. The number of benzene rings is 3. The minimum atomic E-state index is -1.34. The molecule has 0 heterocycles. The fourth-order valence-electron chi connectivity index (χ4n) is 3.76. The third kappa shape index (κ3) is 2.61. The predicted octanol–water partition coefficient (Wildman–Crippen LogP) is 4.71. The van der Waals surface area contributed by atoms with Gasteiger partial charge in [-0.05, 0) is 46.5 Å². The Morgan fingerprint density at radius 3 is 2.42 bits per heavy atom. The summed E-state index contributed by atoms with van der Waals surface area (Å²) in [5.41, 5.74) is 7.36. The molecule has 0 saturated carbocycles. The van der Waals surface area contributed by atoms with E-state index in [-0.39, 0.29) is 11.6 Å². The van der Waals surface area contributed by atoms with Gasteiger partial charge in [0.05, 0.1) is 17.3 Å². The Balaban J connectivity index is 1.81. The van der Waals surface area contributed by atoms with Crippen LogP contribution in [0.3, 0.4) is 0 Å². The van der Waals surface area contributed by atoms with E-state index in [1.54, 1.807) is 0 Å². The first-order valence-corrected chi connectivity index (χ1v) is 9.19. The standard InChI is InChI=1S/C22H17BrN2O/c23-18-9-6-15(7-10-18)19-12-22(26,21(25)20(19)13-24)17-8-5-14-3-1-2-4-16(14)11-17/h1-11,19,26H,12,25H2/t19-,22-/m1/s1. The van der Waals surface area contributed by atoms with Crippen LogP contribution in [-0.2, 0) is 5.60 Å². The van der Waals surface area contributed by atoms with E-state index in [9.17, 15) is 10.4 Å². The Labute approximate surface area is 160 Å². The Morgan fingerprint density at radius 1 is 1.04 bits per heavy atom. The fourth-order valence-corrected chi connectivity index (χ4v) is 4.02. The van der Waals surface area contributed by atoms with Crippen LogP contribution in [0, 0.1) is 11.3 Å². The number of fused-ring (bicyclic) bond motifs is 1. The second-order valence-corrected chi connectivity index (χ2v) is 7.59. The molecule has 26 heavy (non-hydrogen) atoms. The summed E-state index contributed by atoms with van der Waals surface area (Å²) in [7, 11) is 0. The molecule has 0 saturated heterocycles. The van der Waals surface area contributed by atoms with E-state index in [2.05, 4.69) is 22.0 Å². The summed E-state index contributed by atoms with van der Waals surface area (Å²) in [6.07, 6.45) is 0.363. The topological polar surface area (TPSA) is 70.0 Å². The Morgan fingerprint density at radius 2 is 1.73 bits per heavy atom. The smallest absolute Gasteiger partial charge is 0.131 e. The molecule has 1 aliphatic carbocycles. The van der Waals surface area contributed by atoms with Crippen molar-refractivity contribution in [2.45, 2.75) is 17.9 Å². The molecular formula is C22H17BrN2O. The van der Waals surface area contributed by atoms with Gasteiger partial charge in [-0.2, -0.15) is 5.26 Å². The molecule has 0 bridgehead atoms. The molecule has 0 radical (unpaired) electrons. The minimum Gasteiger partial charge on any atom is -0.399 e. The summed E-state index contributed by atoms with van der Waals surface area (Å²) < 4.78 is 0.972. The summed E-state index contributed by atoms with van der Waals surface area (Å²) in [6, 6.07) is 23.9. The highest BCUT2D eigenvalue weighted by Gasteiger charge is 2.45. The van der Waals surface area contributed by atoms with Gasteiger partial charge in [-0.15, -0.1) is 0 Å². The summed E-state index contributed by atoms with van der Waals surface area (Å²) >= 11 is 3.43. The van der Waals surface area contributed by atoms with Gasteiger partial charge < -0.3 is 10.8 Å². The molecule has 0 unspecified atom stereocenters. The van der Waals surface area contributed by atoms with Crippen LogP contribution in [0.15, 0.2) is 82.5 Å². The number of hydrogen-bond donors (Lipinski definition) is 2. The van der Waals surface area contributed by atoms with Crippen LogP contribution in [0.25, 0.3) is 10.8 Å². The predicted molar refractivity (Wildman–Crippen MR) is 106 cm³/mol. The Kier molecular flexibility index (Phi) is 4.07. The third-order valence-electron chi connectivity index (χ3n) is 5.20. The first-order chi connectivity index (χ1) is 12.5. The van der Waals surface area contributed by atoms with Crippen LogP contribution in [0.2, 0.25) is 0 Å². The van der Waals surface area contributed by atoms with Gasteiger partial charge in [0.1, 0.15) is 5.60 Å². The van der Waals surface area contributed by atoms with Crippen molar-refractivity contribution in [2.75, 3.05) is 0 Å². The molecule has 0 amide bonds. The summed E-state index contributed by atoms with van der Waals surface area (Å²) in [4.78, 5) is 0. The number of hydrogen-bond acceptors (Lipinski definition) is 3. The van der Waals surface area contributed by atoms with Crippen molar-refractivity contribution in [3.8, 4) is 6.07 Å². The molecule has 0 aromatic heterocycles. The summed E-state index contributed by atoms with van der Waals surface area (Å²) in [6.45, 7) is 0. The lowest BCUT2D eigenvalue weighted by Gasteiger charge is -2.26. The first-order valence-electron chi connectivity index (χ1n) is 8.40. The van der Waals surface area contributed by atoms with Crippen LogP contribution in [0.1, 0.15) is 23.5 Å². The van der Waals surface area contributed by atoms with E-state index in [0.717, 1.165) is 26.4 Å². The molecule has 4 heteroatoms. The van der Waals surface area contributed by atoms with Crippen molar-refractivity contribution in [3.05, 3.63) is 93.6 Å². The second kappa shape index (κ2) is 6.28. The number of aliphatic hydroxyl groups is 1. The highest BCUT2D eigenvalue weighted by Crippen LogP contribution is 2.48. The van der Waals surface area contributed by atoms with Gasteiger partial charge in [0.2, 0.25) is 0 Å². The molecule has 3 nitrogen and oxygen atoms in total. The SMILES string of the molecule is N#CC1=C(N)[C@](O)(c2ccc3ccccc3c2)C[C@@H]1c1ccc(Br)cc1. The normalized spacial score (nSPS) is 22.6. The van der Waals surface area contributed by atoms with Crippen molar-refractivity contribution in [2.24, 2.45) is 5.73 Å². The van der Waals surface area contributed by atoms with E-state index >= 15 is 0 Å². The van der Waals surface area contributed by atoms with Crippen LogP contribution in [0.5, 0.6) is 0 Å². The van der Waals surface area contributed by atoms with E-state index in [0.29, 0.717) is 12.0 Å². The highest BCUT2D eigenvalue weighted by molar-refractivity contribution is 9.10. The van der Waals surface area contributed by atoms with Gasteiger partial charge in [0, 0.05) is 10.4 Å². The molecule has 128 valence electrons. The van der Waals surface area contributed by atoms with Crippen molar-refractivity contribution < 1.29 is 5.11 Å². The number of rotatable bonds is 2. The average molecular weight is 405 g/mol. The molecule has 0 aliphatic heterocycles. The molecular weight excluding hydrogens is 388 g/mol. The van der Waals surface area contributed by atoms with E-state index in [1.165, 1.54) is 0 Å². The van der Waals surface area contributed by atoms with Gasteiger partial charge in [-0.25, -0.2) is 0 Å². The maximum atomic E-state index is 11.4. The molecule has 3 N–H and O–H groups in total. The Hall–Kier alpha value is -2.61. The maximum Gasteiger partial charge on any atom is 0.131 e. The number of nitrogens with zero attached hydrogens (tertiary/aromatic N) is 1. The van der Waals surface area contributed by atoms with E-state index in [1.807, 2.05) is 66.7 Å². The van der Waals surface area contributed by atoms with Gasteiger partial charge in [0.25, 0.3) is 0 Å². The van der Waals surface area contributed by atoms with Crippen molar-refractivity contribution in [1.82, 2.24) is 0 Å². The number of allylic oxidation sites excluding steroid dienone is 1. The minimum absolute atomic E-state index is 0.218. The first kappa shape index (κ1) is 16.8. The molecule has 0 spiro atoms. The maximum absolute atomic E-state index is 11.4. The van der Waals surface area contributed by atoms with Crippen molar-refractivity contribution in [3.63, 3.8) is 0 Å². The van der Waals surface area contributed by atoms with Gasteiger partial charge in [0.15, 0.2) is 0 Å². The zero-order valence-electron chi connectivity index (χ0n) is 14.0. The van der Waals surface area contributed by atoms with Crippen molar-refractivity contribution >= 4 is 26.7 Å². The summed E-state index contributed by atoms with van der Waals surface area (Å²) in [5.74, 6) is -0.218. The highest BCUT2D eigenvalue weighted by atomic mass is 79.9. The lowest BCUT2D eigenvalue weighted by molar-refractivity contribution is 0.0725. The van der Waals surface area contributed by atoms with Gasteiger partial charge >= 0.3 is 0 Å².